The number of benzene rings is 1. The Morgan fingerprint density at radius 2 is 1.83 bits per heavy atom. The monoisotopic (exact) mass is 241 g/mol. The van der Waals surface area contributed by atoms with Gasteiger partial charge in [-0.15, -0.1) is 0 Å². The van der Waals surface area contributed by atoms with Crippen molar-refractivity contribution in [1.82, 2.24) is 15.3 Å². The van der Waals surface area contributed by atoms with Gasteiger partial charge in [-0.05, 0) is 45.5 Å². The van der Waals surface area contributed by atoms with Crippen LogP contribution in [0.4, 0.5) is 0 Å². The molecule has 0 atom stereocenters. The summed E-state index contributed by atoms with van der Waals surface area (Å²) in [4.78, 5) is 9.05. The van der Waals surface area contributed by atoms with Crippen LogP contribution in [-0.4, -0.2) is 17.0 Å². The Hall–Kier alpha value is -1.74. The average molecular weight is 241 g/mol. The molecule has 1 aromatic heterocycles. The van der Waals surface area contributed by atoms with Gasteiger partial charge in [0.2, 0.25) is 0 Å². The van der Waals surface area contributed by atoms with Crippen LogP contribution in [-0.2, 0) is 6.54 Å². The van der Waals surface area contributed by atoms with Crippen LogP contribution < -0.4 is 5.32 Å². The van der Waals surface area contributed by atoms with Gasteiger partial charge in [0.15, 0.2) is 0 Å². The minimum absolute atomic E-state index is 0.694. The fourth-order valence-electron chi connectivity index (χ4n) is 2.02. The first kappa shape index (κ1) is 12.7. The van der Waals surface area contributed by atoms with E-state index in [1.165, 1.54) is 16.7 Å². The van der Waals surface area contributed by atoms with E-state index in [1.54, 1.807) is 0 Å². The predicted molar refractivity (Wildman–Crippen MR) is 74.4 cm³/mol. The van der Waals surface area contributed by atoms with Gasteiger partial charge >= 0.3 is 0 Å². The van der Waals surface area contributed by atoms with Gasteiger partial charge in [-0.3, -0.25) is 0 Å². The van der Waals surface area contributed by atoms with Crippen molar-refractivity contribution >= 4 is 0 Å². The van der Waals surface area contributed by atoms with E-state index in [2.05, 4.69) is 47.3 Å². The minimum Gasteiger partial charge on any atom is -0.313 e. The van der Waals surface area contributed by atoms with Gasteiger partial charge in [0, 0.05) is 11.3 Å². The van der Waals surface area contributed by atoms with Crippen molar-refractivity contribution in [3.05, 3.63) is 46.9 Å². The number of nitrogens with zero attached hydrogens (tertiary/aromatic N) is 2. The quantitative estimate of drug-likeness (QED) is 0.898. The van der Waals surface area contributed by atoms with Crippen LogP contribution in [0.3, 0.4) is 0 Å². The summed E-state index contributed by atoms with van der Waals surface area (Å²) in [5, 5.41) is 3.09. The van der Waals surface area contributed by atoms with Gasteiger partial charge in [0.05, 0.1) is 12.2 Å². The second-order valence-electron chi connectivity index (χ2n) is 4.66. The molecule has 0 fully saturated rings. The molecule has 0 radical (unpaired) electrons. The predicted octanol–water partition coefficient (Wildman–Crippen LogP) is 2.79. The molecule has 1 aromatic carbocycles. The number of rotatable bonds is 3. The zero-order valence-electron chi connectivity index (χ0n) is 11.4. The lowest BCUT2D eigenvalue weighted by Crippen LogP contribution is -2.10. The molecule has 1 N–H and O–H groups in total. The van der Waals surface area contributed by atoms with Crippen molar-refractivity contribution in [3.8, 4) is 11.3 Å². The number of nitrogens with one attached hydrogen (secondary N) is 1. The first-order chi connectivity index (χ1) is 8.60. The van der Waals surface area contributed by atoms with Gasteiger partial charge in [-0.1, -0.05) is 17.7 Å². The summed E-state index contributed by atoms with van der Waals surface area (Å²) in [7, 11) is 1.91. The minimum atomic E-state index is 0.694. The van der Waals surface area contributed by atoms with Gasteiger partial charge in [0.1, 0.15) is 5.82 Å². The molecule has 3 heteroatoms. The van der Waals surface area contributed by atoms with Crippen LogP contribution in [0.25, 0.3) is 11.3 Å². The lowest BCUT2D eigenvalue weighted by molar-refractivity contribution is 0.754. The summed E-state index contributed by atoms with van der Waals surface area (Å²) in [6, 6.07) is 8.49. The zero-order chi connectivity index (χ0) is 13.1. The Bertz CT molecular complexity index is 562. The maximum absolute atomic E-state index is 4.62. The molecule has 2 rings (SSSR count). The highest BCUT2D eigenvalue weighted by Crippen LogP contribution is 2.23. The summed E-state index contributed by atoms with van der Waals surface area (Å²) >= 11 is 0. The second-order valence-corrected chi connectivity index (χ2v) is 4.66. The third-order valence-corrected chi connectivity index (χ3v) is 2.90. The van der Waals surface area contributed by atoms with E-state index in [-0.39, 0.29) is 0 Å². The SMILES string of the molecule is CNCc1nc(C)cc(-c2cc(C)ccc2C)n1. The maximum atomic E-state index is 4.62. The molecule has 2 aromatic rings. The van der Waals surface area contributed by atoms with Crippen LogP contribution in [0.1, 0.15) is 22.6 Å². The molecule has 0 saturated carbocycles. The molecule has 3 nitrogen and oxygen atoms in total. The van der Waals surface area contributed by atoms with E-state index in [4.69, 9.17) is 0 Å². The Balaban J connectivity index is 2.52. The highest BCUT2D eigenvalue weighted by atomic mass is 15.0. The van der Waals surface area contributed by atoms with E-state index in [0.29, 0.717) is 6.54 Å². The first-order valence-corrected chi connectivity index (χ1v) is 6.17. The van der Waals surface area contributed by atoms with Crippen molar-refractivity contribution in [2.45, 2.75) is 27.3 Å². The lowest BCUT2D eigenvalue weighted by Gasteiger charge is -2.09. The van der Waals surface area contributed by atoms with Gasteiger partial charge in [0.25, 0.3) is 0 Å². The maximum Gasteiger partial charge on any atom is 0.143 e. The van der Waals surface area contributed by atoms with E-state index >= 15 is 0 Å². The molecule has 0 unspecified atom stereocenters. The van der Waals surface area contributed by atoms with Crippen LogP contribution in [0.5, 0.6) is 0 Å². The highest BCUT2D eigenvalue weighted by molar-refractivity contribution is 5.64. The average Bonchev–Trinajstić information content (AvgIpc) is 2.32. The van der Waals surface area contributed by atoms with Crippen molar-refractivity contribution < 1.29 is 0 Å². The molecule has 0 aliphatic carbocycles. The van der Waals surface area contributed by atoms with Crippen LogP contribution in [0.15, 0.2) is 24.3 Å². The van der Waals surface area contributed by atoms with E-state index in [9.17, 15) is 0 Å². The number of aromatic nitrogens is 2. The molecular formula is C15H19N3. The molecule has 0 amide bonds. The molecule has 0 spiro atoms. The largest absolute Gasteiger partial charge is 0.313 e. The first-order valence-electron chi connectivity index (χ1n) is 6.17. The summed E-state index contributed by atoms with van der Waals surface area (Å²) < 4.78 is 0. The summed E-state index contributed by atoms with van der Waals surface area (Å²) in [6.07, 6.45) is 0. The molecular weight excluding hydrogens is 222 g/mol. The van der Waals surface area contributed by atoms with Gasteiger partial charge < -0.3 is 5.32 Å². The molecule has 0 aliphatic heterocycles. The summed E-state index contributed by atoms with van der Waals surface area (Å²) in [5.41, 5.74) is 5.70. The third kappa shape index (κ3) is 2.74. The normalized spacial score (nSPS) is 10.7. The summed E-state index contributed by atoms with van der Waals surface area (Å²) in [6.45, 7) is 6.92. The Labute approximate surface area is 108 Å². The summed E-state index contributed by atoms with van der Waals surface area (Å²) in [5.74, 6) is 0.841. The molecule has 94 valence electrons. The van der Waals surface area contributed by atoms with Crippen molar-refractivity contribution in [2.24, 2.45) is 0 Å². The number of hydrogen-bond donors (Lipinski definition) is 1. The van der Waals surface area contributed by atoms with Crippen molar-refractivity contribution in [3.63, 3.8) is 0 Å². The number of hydrogen-bond acceptors (Lipinski definition) is 3. The lowest BCUT2D eigenvalue weighted by atomic mass is 10.0. The second kappa shape index (κ2) is 5.27. The van der Waals surface area contributed by atoms with E-state index in [0.717, 1.165) is 17.2 Å². The van der Waals surface area contributed by atoms with E-state index in [1.807, 2.05) is 20.0 Å². The van der Waals surface area contributed by atoms with Crippen molar-refractivity contribution in [2.75, 3.05) is 7.05 Å². The molecule has 18 heavy (non-hydrogen) atoms. The fraction of sp³-hybridized carbons (Fsp3) is 0.333. The molecule has 0 bridgehead atoms. The molecule has 0 aliphatic rings. The molecule has 0 saturated heterocycles. The smallest absolute Gasteiger partial charge is 0.143 e. The standard InChI is InChI=1S/C15H19N3/c1-10-5-6-11(2)13(7-10)14-8-12(3)17-15(18-14)9-16-4/h5-8,16H,9H2,1-4H3. The van der Waals surface area contributed by atoms with Crippen LogP contribution in [0, 0.1) is 20.8 Å². The third-order valence-electron chi connectivity index (χ3n) is 2.90. The molecule has 1 heterocycles. The fourth-order valence-corrected chi connectivity index (χ4v) is 2.02. The zero-order valence-corrected chi connectivity index (χ0v) is 11.4. The Morgan fingerprint density at radius 3 is 2.56 bits per heavy atom. The number of aryl methyl sites for hydroxylation is 3. The van der Waals surface area contributed by atoms with Crippen molar-refractivity contribution in [1.29, 1.82) is 0 Å². The van der Waals surface area contributed by atoms with E-state index < -0.39 is 0 Å². The van der Waals surface area contributed by atoms with Crippen LogP contribution >= 0.6 is 0 Å². The van der Waals surface area contributed by atoms with Gasteiger partial charge in [-0.2, -0.15) is 0 Å². The highest BCUT2D eigenvalue weighted by Gasteiger charge is 2.07. The Morgan fingerprint density at radius 1 is 1.06 bits per heavy atom. The van der Waals surface area contributed by atoms with Crippen LogP contribution in [0.2, 0.25) is 0 Å². The topological polar surface area (TPSA) is 37.8 Å². The Kier molecular flexibility index (Phi) is 3.72. The van der Waals surface area contributed by atoms with Gasteiger partial charge in [-0.25, -0.2) is 9.97 Å².